The quantitative estimate of drug-likeness (QED) is 0.946. The highest BCUT2D eigenvalue weighted by Crippen LogP contribution is 2.42. The summed E-state index contributed by atoms with van der Waals surface area (Å²) in [5.41, 5.74) is 3.90. The van der Waals surface area contributed by atoms with E-state index in [4.69, 9.17) is 9.47 Å². The standard InChI is InChI=1S/C18H23N3O2/c1-22-16-2-3-17-15(10-16)4-9-23-18(17)5-7-21(8-6-18)13-14-11-19-20-12-14/h2-3,10-12H,4-9,13H2,1H3,(H,19,20). The summed E-state index contributed by atoms with van der Waals surface area (Å²) in [7, 11) is 1.73. The van der Waals surface area contributed by atoms with Crippen molar-refractivity contribution in [1.82, 2.24) is 15.1 Å². The fourth-order valence-electron chi connectivity index (χ4n) is 3.89. The summed E-state index contributed by atoms with van der Waals surface area (Å²) in [6, 6.07) is 6.45. The van der Waals surface area contributed by atoms with Gasteiger partial charge in [-0.2, -0.15) is 5.10 Å². The first-order valence-corrected chi connectivity index (χ1v) is 8.30. The number of aromatic amines is 1. The van der Waals surface area contributed by atoms with Gasteiger partial charge < -0.3 is 9.47 Å². The van der Waals surface area contributed by atoms with E-state index in [-0.39, 0.29) is 5.60 Å². The van der Waals surface area contributed by atoms with Crippen LogP contribution in [0.4, 0.5) is 0 Å². The minimum atomic E-state index is -0.104. The summed E-state index contributed by atoms with van der Waals surface area (Å²) in [4.78, 5) is 2.48. The van der Waals surface area contributed by atoms with Crippen LogP contribution < -0.4 is 4.74 Å². The number of fused-ring (bicyclic) bond motifs is 2. The number of nitrogens with one attached hydrogen (secondary N) is 1. The van der Waals surface area contributed by atoms with Gasteiger partial charge in [-0.15, -0.1) is 0 Å². The molecular formula is C18H23N3O2. The molecule has 0 atom stereocenters. The molecule has 0 amide bonds. The van der Waals surface area contributed by atoms with Crippen LogP contribution in [0.2, 0.25) is 0 Å². The summed E-state index contributed by atoms with van der Waals surface area (Å²) in [5.74, 6) is 0.943. The fraction of sp³-hybridized carbons (Fsp3) is 0.500. The van der Waals surface area contributed by atoms with Gasteiger partial charge in [-0.3, -0.25) is 10.00 Å². The van der Waals surface area contributed by atoms with E-state index in [9.17, 15) is 0 Å². The first-order valence-electron chi connectivity index (χ1n) is 8.30. The van der Waals surface area contributed by atoms with E-state index in [0.717, 1.165) is 51.3 Å². The molecule has 1 saturated heterocycles. The second kappa shape index (κ2) is 5.98. The zero-order chi connectivity index (χ0) is 15.7. The van der Waals surface area contributed by atoms with Gasteiger partial charge >= 0.3 is 0 Å². The van der Waals surface area contributed by atoms with E-state index >= 15 is 0 Å². The molecule has 1 aromatic carbocycles. The van der Waals surface area contributed by atoms with Crippen LogP contribution in [0.15, 0.2) is 30.6 Å². The highest BCUT2D eigenvalue weighted by Gasteiger charge is 2.40. The molecule has 1 N–H and O–H groups in total. The van der Waals surface area contributed by atoms with Crippen LogP contribution in [-0.4, -0.2) is 41.9 Å². The molecule has 0 aliphatic carbocycles. The minimum Gasteiger partial charge on any atom is -0.497 e. The lowest BCUT2D eigenvalue weighted by Gasteiger charge is -2.45. The van der Waals surface area contributed by atoms with E-state index in [1.54, 1.807) is 7.11 Å². The molecule has 2 aliphatic heterocycles. The molecule has 5 nitrogen and oxygen atoms in total. The number of hydrogen-bond acceptors (Lipinski definition) is 4. The lowest BCUT2D eigenvalue weighted by molar-refractivity contribution is -0.0989. The second-order valence-corrected chi connectivity index (χ2v) is 6.50. The van der Waals surface area contributed by atoms with Crippen LogP contribution >= 0.6 is 0 Å². The largest absolute Gasteiger partial charge is 0.497 e. The lowest BCUT2D eigenvalue weighted by atomic mass is 9.79. The van der Waals surface area contributed by atoms with Crippen molar-refractivity contribution in [1.29, 1.82) is 0 Å². The van der Waals surface area contributed by atoms with Gasteiger partial charge in [-0.1, -0.05) is 6.07 Å². The van der Waals surface area contributed by atoms with Crippen molar-refractivity contribution in [3.63, 3.8) is 0 Å². The van der Waals surface area contributed by atoms with Gasteiger partial charge in [0, 0.05) is 31.4 Å². The second-order valence-electron chi connectivity index (χ2n) is 6.50. The van der Waals surface area contributed by atoms with Crippen molar-refractivity contribution in [3.8, 4) is 5.75 Å². The number of H-pyrrole nitrogens is 1. The molecule has 0 unspecified atom stereocenters. The number of rotatable bonds is 3. The predicted octanol–water partition coefficient (Wildman–Crippen LogP) is 2.48. The Bertz CT molecular complexity index is 661. The van der Waals surface area contributed by atoms with E-state index in [0.29, 0.717) is 0 Å². The Labute approximate surface area is 136 Å². The van der Waals surface area contributed by atoms with Crippen molar-refractivity contribution < 1.29 is 9.47 Å². The highest BCUT2D eigenvalue weighted by atomic mass is 16.5. The molecule has 0 radical (unpaired) electrons. The Morgan fingerprint density at radius 2 is 2.22 bits per heavy atom. The Balaban J connectivity index is 1.51. The van der Waals surface area contributed by atoms with Crippen LogP contribution in [0.3, 0.4) is 0 Å². The number of likely N-dealkylation sites (tertiary alicyclic amines) is 1. The van der Waals surface area contributed by atoms with Gasteiger partial charge in [0.15, 0.2) is 0 Å². The molecular weight excluding hydrogens is 290 g/mol. The topological polar surface area (TPSA) is 50.4 Å². The summed E-state index contributed by atoms with van der Waals surface area (Å²) in [6.45, 7) is 3.87. The van der Waals surface area contributed by atoms with E-state index in [1.807, 2.05) is 12.4 Å². The molecule has 2 aliphatic rings. The third kappa shape index (κ3) is 2.75. The molecule has 0 bridgehead atoms. The zero-order valence-electron chi connectivity index (χ0n) is 13.5. The van der Waals surface area contributed by atoms with Gasteiger partial charge in [-0.25, -0.2) is 0 Å². The summed E-state index contributed by atoms with van der Waals surface area (Å²) in [5, 5.41) is 6.92. The lowest BCUT2D eigenvalue weighted by Crippen LogP contribution is -2.46. The molecule has 1 fully saturated rings. The summed E-state index contributed by atoms with van der Waals surface area (Å²) < 4.78 is 11.7. The smallest absolute Gasteiger partial charge is 0.119 e. The monoisotopic (exact) mass is 313 g/mol. The number of piperidine rings is 1. The van der Waals surface area contributed by atoms with Crippen LogP contribution in [0.25, 0.3) is 0 Å². The number of methoxy groups -OCH3 is 1. The maximum absolute atomic E-state index is 6.30. The first kappa shape index (κ1) is 14.7. The van der Waals surface area contributed by atoms with Crippen molar-refractivity contribution >= 4 is 0 Å². The van der Waals surface area contributed by atoms with Crippen molar-refractivity contribution in [2.75, 3.05) is 26.8 Å². The van der Waals surface area contributed by atoms with E-state index < -0.39 is 0 Å². The van der Waals surface area contributed by atoms with Gasteiger partial charge in [0.1, 0.15) is 5.75 Å². The van der Waals surface area contributed by atoms with Crippen LogP contribution in [-0.2, 0) is 23.3 Å². The molecule has 5 heteroatoms. The van der Waals surface area contributed by atoms with Crippen LogP contribution in [0.1, 0.15) is 29.5 Å². The summed E-state index contributed by atoms with van der Waals surface area (Å²) >= 11 is 0. The number of ether oxygens (including phenoxy) is 2. The average Bonchev–Trinajstić information content (AvgIpc) is 3.10. The highest BCUT2D eigenvalue weighted by molar-refractivity contribution is 5.41. The zero-order valence-corrected chi connectivity index (χ0v) is 13.5. The molecule has 122 valence electrons. The Morgan fingerprint density at radius 3 is 2.96 bits per heavy atom. The molecule has 1 spiro atoms. The normalized spacial score (nSPS) is 20.4. The Kier molecular flexibility index (Phi) is 3.83. The summed E-state index contributed by atoms with van der Waals surface area (Å²) in [6.07, 6.45) is 6.95. The van der Waals surface area contributed by atoms with Gasteiger partial charge in [-0.05, 0) is 42.5 Å². The number of hydrogen-bond donors (Lipinski definition) is 1. The van der Waals surface area contributed by atoms with E-state index in [1.165, 1.54) is 16.7 Å². The third-order valence-corrected chi connectivity index (χ3v) is 5.18. The molecule has 3 heterocycles. The predicted molar refractivity (Wildman–Crippen MR) is 87.4 cm³/mol. The number of benzene rings is 1. The third-order valence-electron chi connectivity index (χ3n) is 5.18. The molecule has 0 saturated carbocycles. The molecule has 4 rings (SSSR count). The maximum Gasteiger partial charge on any atom is 0.119 e. The van der Waals surface area contributed by atoms with Crippen molar-refractivity contribution in [2.24, 2.45) is 0 Å². The van der Waals surface area contributed by atoms with Gasteiger partial charge in [0.25, 0.3) is 0 Å². The molecule has 23 heavy (non-hydrogen) atoms. The van der Waals surface area contributed by atoms with Gasteiger partial charge in [0.2, 0.25) is 0 Å². The van der Waals surface area contributed by atoms with Crippen molar-refractivity contribution in [3.05, 3.63) is 47.3 Å². The molecule has 1 aromatic heterocycles. The SMILES string of the molecule is COc1ccc2c(c1)CCOC21CCN(Cc2cn[nH]c2)CC1. The van der Waals surface area contributed by atoms with Crippen LogP contribution in [0, 0.1) is 0 Å². The average molecular weight is 313 g/mol. The molecule has 2 aromatic rings. The number of nitrogens with zero attached hydrogens (tertiary/aromatic N) is 2. The Morgan fingerprint density at radius 1 is 1.35 bits per heavy atom. The van der Waals surface area contributed by atoms with Crippen molar-refractivity contribution in [2.45, 2.75) is 31.4 Å². The Hall–Kier alpha value is -1.85. The fourth-order valence-corrected chi connectivity index (χ4v) is 3.89. The maximum atomic E-state index is 6.30. The number of aromatic nitrogens is 2. The van der Waals surface area contributed by atoms with Gasteiger partial charge in [0.05, 0.1) is 25.5 Å². The minimum absolute atomic E-state index is 0.104. The first-order chi connectivity index (χ1) is 11.3. The van der Waals surface area contributed by atoms with E-state index in [2.05, 4.69) is 33.3 Å². The van der Waals surface area contributed by atoms with Crippen LogP contribution in [0.5, 0.6) is 5.75 Å².